The van der Waals surface area contributed by atoms with E-state index < -0.39 is 0 Å². The molecule has 1 heterocycles. The zero-order valence-electron chi connectivity index (χ0n) is 10.1. The average molecular weight is 244 g/mol. The smallest absolute Gasteiger partial charge is 0.101 e. The molecule has 1 aromatic carbocycles. The number of nitrogens with two attached hydrogens (primary N) is 1. The first kappa shape index (κ1) is 12.1. The second kappa shape index (κ2) is 5.34. The van der Waals surface area contributed by atoms with Crippen LogP contribution in [-0.2, 0) is 6.54 Å². The summed E-state index contributed by atoms with van der Waals surface area (Å²) in [5.74, 6) is 0. The van der Waals surface area contributed by atoms with Gasteiger partial charge in [-0.2, -0.15) is 0 Å². The summed E-state index contributed by atoms with van der Waals surface area (Å²) in [5, 5.41) is 1.04. The zero-order chi connectivity index (χ0) is 12.3. The first-order valence-electron chi connectivity index (χ1n) is 5.59. The lowest BCUT2D eigenvalue weighted by Crippen LogP contribution is -1.95. The van der Waals surface area contributed by atoms with E-state index in [1.165, 1.54) is 10.5 Å². The Morgan fingerprint density at radius 2 is 2.00 bits per heavy atom. The van der Waals surface area contributed by atoms with Gasteiger partial charge in [0.15, 0.2) is 0 Å². The summed E-state index contributed by atoms with van der Waals surface area (Å²) in [4.78, 5) is 5.70. The molecule has 88 valence electrons. The normalized spacial score (nSPS) is 10.5. The molecule has 0 fully saturated rings. The predicted octanol–water partition coefficient (Wildman–Crippen LogP) is 3.31. The number of pyridine rings is 1. The van der Waals surface area contributed by atoms with E-state index in [-0.39, 0.29) is 0 Å². The molecule has 0 radical (unpaired) electrons. The summed E-state index contributed by atoms with van der Waals surface area (Å²) in [6, 6.07) is 12.5. The van der Waals surface area contributed by atoms with E-state index in [2.05, 4.69) is 36.2 Å². The lowest BCUT2D eigenvalue weighted by atomic mass is 10.2. The van der Waals surface area contributed by atoms with Crippen LogP contribution in [0.3, 0.4) is 0 Å². The van der Waals surface area contributed by atoms with Crippen LogP contribution in [0.25, 0.3) is 0 Å². The van der Waals surface area contributed by atoms with Crippen molar-refractivity contribution in [3.63, 3.8) is 0 Å². The van der Waals surface area contributed by atoms with E-state index in [0.29, 0.717) is 6.54 Å². The molecule has 2 aromatic rings. The number of nitrogens with zero attached hydrogens (tertiary/aromatic N) is 1. The van der Waals surface area contributed by atoms with Gasteiger partial charge >= 0.3 is 0 Å². The Labute approximate surface area is 106 Å². The van der Waals surface area contributed by atoms with Crippen LogP contribution in [0.5, 0.6) is 0 Å². The lowest BCUT2D eigenvalue weighted by Gasteiger charge is -2.05. The van der Waals surface area contributed by atoms with Crippen LogP contribution in [0.15, 0.2) is 46.3 Å². The SMILES string of the molecule is Cc1cc(C)nc(Sc2cccc(CN)c2)c1. The van der Waals surface area contributed by atoms with Gasteiger partial charge in [0.1, 0.15) is 5.03 Å². The number of aryl methyl sites for hydroxylation is 2. The maximum atomic E-state index is 5.64. The lowest BCUT2D eigenvalue weighted by molar-refractivity contribution is 1.04. The second-order valence-corrected chi connectivity index (χ2v) is 5.17. The van der Waals surface area contributed by atoms with Crippen molar-refractivity contribution in [1.29, 1.82) is 0 Å². The highest BCUT2D eigenvalue weighted by molar-refractivity contribution is 7.99. The minimum Gasteiger partial charge on any atom is -0.326 e. The number of hydrogen-bond acceptors (Lipinski definition) is 3. The molecule has 3 heteroatoms. The minimum absolute atomic E-state index is 0.578. The van der Waals surface area contributed by atoms with Crippen LogP contribution >= 0.6 is 11.8 Å². The molecule has 0 aliphatic carbocycles. The van der Waals surface area contributed by atoms with Crippen LogP contribution < -0.4 is 5.73 Å². The van der Waals surface area contributed by atoms with Gasteiger partial charge in [-0.3, -0.25) is 0 Å². The standard InChI is InChI=1S/C14H16N2S/c1-10-6-11(2)16-14(7-10)17-13-5-3-4-12(8-13)9-15/h3-8H,9,15H2,1-2H3. The zero-order valence-corrected chi connectivity index (χ0v) is 10.9. The van der Waals surface area contributed by atoms with Crippen molar-refractivity contribution in [2.24, 2.45) is 5.73 Å². The van der Waals surface area contributed by atoms with Gasteiger partial charge in [0.25, 0.3) is 0 Å². The molecule has 2 N–H and O–H groups in total. The maximum Gasteiger partial charge on any atom is 0.101 e. The quantitative estimate of drug-likeness (QED) is 0.900. The summed E-state index contributed by atoms with van der Waals surface area (Å²) in [7, 11) is 0. The van der Waals surface area contributed by atoms with Gasteiger partial charge in [0.05, 0.1) is 0 Å². The molecule has 1 aromatic heterocycles. The number of benzene rings is 1. The van der Waals surface area contributed by atoms with Crippen LogP contribution in [-0.4, -0.2) is 4.98 Å². The summed E-state index contributed by atoms with van der Waals surface area (Å²) in [6.07, 6.45) is 0. The highest BCUT2D eigenvalue weighted by atomic mass is 32.2. The highest BCUT2D eigenvalue weighted by Crippen LogP contribution is 2.27. The molecule has 0 amide bonds. The van der Waals surface area contributed by atoms with Gasteiger partial charge < -0.3 is 5.73 Å². The molecule has 0 aliphatic heterocycles. The van der Waals surface area contributed by atoms with Crippen molar-refractivity contribution in [3.8, 4) is 0 Å². The Balaban J connectivity index is 2.24. The Morgan fingerprint density at radius 1 is 1.18 bits per heavy atom. The molecule has 0 spiro atoms. The highest BCUT2D eigenvalue weighted by Gasteiger charge is 2.01. The monoisotopic (exact) mass is 244 g/mol. The van der Waals surface area contributed by atoms with E-state index in [1.807, 2.05) is 19.1 Å². The Kier molecular flexibility index (Phi) is 3.82. The van der Waals surface area contributed by atoms with E-state index in [1.54, 1.807) is 11.8 Å². The molecule has 0 saturated heterocycles. The van der Waals surface area contributed by atoms with Crippen molar-refractivity contribution in [1.82, 2.24) is 4.98 Å². The van der Waals surface area contributed by atoms with Crippen LogP contribution in [0.1, 0.15) is 16.8 Å². The third-order valence-electron chi connectivity index (χ3n) is 2.43. The summed E-state index contributed by atoms with van der Waals surface area (Å²) < 4.78 is 0. The molecule has 2 nitrogen and oxygen atoms in total. The molecule has 0 saturated carbocycles. The van der Waals surface area contributed by atoms with Crippen molar-refractivity contribution < 1.29 is 0 Å². The Morgan fingerprint density at radius 3 is 2.71 bits per heavy atom. The number of aromatic nitrogens is 1. The largest absolute Gasteiger partial charge is 0.326 e. The van der Waals surface area contributed by atoms with Gasteiger partial charge in [-0.05, 0) is 49.2 Å². The number of hydrogen-bond donors (Lipinski definition) is 1. The molecule has 0 bridgehead atoms. The van der Waals surface area contributed by atoms with Crippen molar-refractivity contribution in [2.45, 2.75) is 30.3 Å². The predicted molar refractivity (Wildman–Crippen MR) is 72.2 cm³/mol. The van der Waals surface area contributed by atoms with Gasteiger partial charge in [-0.15, -0.1) is 0 Å². The van der Waals surface area contributed by atoms with Crippen LogP contribution in [0, 0.1) is 13.8 Å². The fourth-order valence-corrected chi connectivity index (χ4v) is 2.75. The van der Waals surface area contributed by atoms with Gasteiger partial charge in [0.2, 0.25) is 0 Å². The Bertz CT molecular complexity index is 503. The first-order chi connectivity index (χ1) is 8.17. The van der Waals surface area contributed by atoms with Crippen molar-refractivity contribution in [3.05, 3.63) is 53.2 Å². The van der Waals surface area contributed by atoms with E-state index >= 15 is 0 Å². The minimum atomic E-state index is 0.578. The summed E-state index contributed by atoms with van der Waals surface area (Å²) in [6.45, 7) is 4.69. The second-order valence-electron chi connectivity index (χ2n) is 4.08. The van der Waals surface area contributed by atoms with E-state index in [9.17, 15) is 0 Å². The Hall–Kier alpha value is -1.32. The summed E-state index contributed by atoms with van der Waals surface area (Å²) >= 11 is 1.68. The topological polar surface area (TPSA) is 38.9 Å². The fraction of sp³-hybridized carbons (Fsp3) is 0.214. The molecule has 2 rings (SSSR count). The number of rotatable bonds is 3. The fourth-order valence-electron chi connectivity index (χ4n) is 1.71. The van der Waals surface area contributed by atoms with Gasteiger partial charge in [-0.1, -0.05) is 23.9 Å². The van der Waals surface area contributed by atoms with Gasteiger partial charge in [0, 0.05) is 17.1 Å². The molecular formula is C14H16N2S. The third kappa shape index (κ3) is 3.32. The van der Waals surface area contributed by atoms with Crippen LogP contribution in [0.4, 0.5) is 0 Å². The van der Waals surface area contributed by atoms with Crippen molar-refractivity contribution >= 4 is 11.8 Å². The first-order valence-corrected chi connectivity index (χ1v) is 6.41. The average Bonchev–Trinajstić information content (AvgIpc) is 2.28. The van der Waals surface area contributed by atoms with Crippen LogP contribution in [0.2, 0.25) is 0 Å². The maximum absolute atomic E-state index is 5.64. The van der Waals surface area contributed by atoms with Gasteiger partial charge in [-0.25, -0.2) is 4.98 Å². The molecule has 0 aliphatic rings. The van der Waals surface area contributed by atoms with E-state index in [4.69, 9.17) is 5.73 Å². The van der Waals surface area contributed by atoms with Crippen molar-refractivity contribution in [2.75, 3.05) is 0 Å². The molecule has 0 atom stereocenters. The molecular weight excluding hydrogens is 228 g/mol. The van der Waals surface area contributed by atoms with E-state index in [0.717, 1.165) is 16.3 Å². The summed E-state index contributed by atoms with van der Waals surface area (Å²) in [5.41, 5.74) is 9.09. The third-order valence-corrected chi connectivity index (χ3v) is 3.34. The molecule has 0 unspecified atom stereocenters. The molecule has 17 heavy (non-hydrogen) atoms.